The van der Waals surface area contributed by atoms with Crippen molar-refractivity contribution in [2.75, 3.05) is 12.0 Å². The van der Waals surface area contributed by atoms with E-state index in [2.05, 4.69) is 0 Å². The Labute approximate surface area is 88.1 Å². The van der Waals surface area contributed by atoms with Crippen LogP contribution in [0.25, 0.3) is 0 Å². The Kier molecular flexibility index (Phi) is 2.46. The van der Waals surface area contributed by atoms with Gasteiger partial charge >= 0.3 is 0 Å². The Hall–Kier alpha value is -1.39. The number of carbonyl (C=O) groups excluding carboxylic acids is 1. The number of rotatable bonds is 1. The maximum atomic E-state index is 11.5. The molecule has 0 bridgehead atoms. The van der Waals surface area contributed by atoms with Crippen LogP contribution >= 0.6 is 0 Å². The predicted molar refractivity (Wildman–Crippen MR) is 55.4 cm³/mol. The molecule has 4 nitrogen and oxygen atoms in total. The molecule has 1 heterocycles. The van der Waals surface area contributed by atoms with Crippen LogP contribution in [0.4, 0.5) is 5.69 Å². The van der Waals surface area contributed by atoms with Crippen molar-refractivity contribution in [3.05, 3.63) is 29.8 Å². The van der Waals surface area contributed by atoms with Crippen molar-refractivity contribution >= 4 is 11.6 Å². The molecule has 0 saturated heterocycles. The van der Waals surface area contributed by atoms with Gasteiger partial charge in [0.15, 0.2) is 6.23 Å². The van der Waals surface area contributed by atoms with E-state index >= 15 is 0 Å². The standard InChI is InChI=1S/C11H13NO3/c1-7(13)12-9-6-4-3-5-8(9)10(14)11(12)15-2/h3-6,10-11,14H,1-2H3. The number of aliphatic hydroxyl groups excluding tert-OH is 1. The Morgan fingerprint density at radius 1 is 1.47 bits per heavy atom. The Morgan fingerprint density at radius 2 is 2.13 bits per heavy atom. The highest BCUT2D eigenvalue weighted by Gasteiger charge is 2.39. The molecule has 80 valence electrons. The van der Waals surface area contributed by atoms with Gasteiger partial charge in [0.1, 0.15) is 6.10 Å². The average Bonchev–Trinajstić information content (AvgIpc) is 2.52. The second-order valence-corrected chi connectivity index (χ2v) is 3.52. The second-order valence-electron chi connectivity index (χ2n) is 3.52. The minimum Gasteiger partial charge on any atom is -0.384 e. The summed E-state index contributed by atoms with van der Waals surface area (Å²) in [6.45, 7) is 1.46. The summed E-state index contributed by atoms with van der Waals surface area (Å²) < 4.78 is 5.13. The third-order valence-electron chi connectivity index (χ3n) is 2.62. The highest BCUT2D eigenvalue weighted by molar-refractivity contribution is 5.94. The van der Waals surface area contributed by atoms with Crippen LogP contribution in [0, 0.1) is 0 Å². The summed E-state index contributed by atoms with van der Waals surface area (Å²) in [6, 6.07) is 7.27. The molecule has 0 spiro atoms. The van der Waals surface area contributed by atoms with E-state index in [4.69, 9.17) is 4.74 Å². The molecule has 2 atom stereocenters. The highest BCUT2D eigenvalue weighted by atomic mass is 16.5. The fraction of sp³-hybridized carbons (Fsp3) is 0.364. The molecule has 0 fully saturated rings. The quantitative estimate of drug-likeness (QED) is 0.749. The first-order valence-electron chi connectivity index (χ1n) is 4.76. The molecular formula is C11H13NO3. The lowest BCUT2D eigenvalue weighted by atomic mass is 10.1. The number of hydrogen-bond acceptors (Lipinski definition) is 3. The van der Waals surface area contributed by atoms with E-state index < -0.39 is 12.3 Å². The zero-order valence-corrected chi connectivity index (χ0v) is 8.68. The molecule has 0 aliphatic carbocycles. The van der Waals surface area contributed by atoms with Crippen LogP contribution in [0.3, 0.4) is 0 Å². The van der Waals surface area contributed by atoms with Gasteiger partial charge in [-0.1, -0.05) is 18.2 Å². The minimum absolute atomic E-state index is 0.133. The number of amides is 1. The number of nitrogens with zero attached hydrogens (tertiary/aromatic N) is 1. The fourth-order valence-electron chi connectivity index (χ4n) is 1.97. The molecule has 0 radical (unpaired) electrons. The molecule has 1 N–H and O–H groups in total. The van der Waals surface area contributed by atoms with Gasteiger partial charge in [0.2, 0.25) is 5.91 Å². The molecule has 1 aromatic rings. The molecule has 0 saturated carbocycles. The molecular weight excluding hydrogens is 194 g/mol. The maximum absolute atomic E-state index is 11.5. The third-order valence-corrected chi connectivity index (χ3v) is 2.62. The molecule has 2 unspecified atom stereocenters. The van der Waals surface area contributed by atoms with E-state index in [-0.39, 0.29) is 5.91 Å². The van der Waals surface area contributed by atoms with Gasteiger partial charge in [-0.2, -0.15) is 0 Å². The van der Waals surface area contributed by atoms with Gasteiger partial charge < -0.3 is 9.84 Å². The first-order valence-corrected chi connectivity index (χ1v) is 4.76. The van der Waals surface area contributed by atoms with E-state index in [1.54, 1.807) is 12.1 Å². The smallest absolute Gasteiger partial charge is 0.226 e. The predicted octanol–water partition coefficient (Wildman–Crippen LogP) is 1.06. The molecule has 1 aliphatic heterocycles. The van der Waals surface area contributed by atoms with Crippen LogP contribution in [0.2, 0.25) is 0 Å². The van der Waals surface area contributed by atoms with E-state index in [9.17, 15) is 9.90 Å². The average molecular weight is 207 g/mol. The number of ether oxygens (including phenoxy) is 1. The Morgan fingerprint density at radius 3 is 2.73 bits per heavy atom. The lowest BCUT2D eigenvalue weighted by Gasteiger charge is -2.23. The van der Waals surface area contributed by atoms with Gasteiger partial charge in [-0.3, -0.25) is 9.69 Å². The van der Waals surface area contributed by atoms with Gasteiger partial charge in [-0.25, -0.2) is 0 Å². The molecule has 4 heteroatoms. The Bertz CT molecular complexity index is 391. The Balaban J connectivity index is 2.50. The van der Waals surface area contributed by atoms with Crippen LogP contribution in [0.5, 0.6) is 0 Å². The van der Waals surface area contributed by atoms with Crippen LogP contribution in [0.1, 0.15) is 18.6 Å². The van der Waals surface area contributed by atoms with Crippen LogP contribution in [-0.2, 0) is 9.53 Å². The summed E-state index contributed by atoms with van der Waals surface area (Å²) in [4.78, 5) is 12.9. The zero-order valence-electron chi connectivity index (χ0n) is 8.68. The topological polar surface area (TPSA) is 49.8 Å². The van der Waals surface area contributed by atoms with Crippen LogP contribution in [-0.4, -0.2) is 24.4 Å². The summed E-state index contributed by atoms with van der Waals surface area (Å²) in [5, 5.41) is 9.94. The van der Waals surface area contributed by atoms with E-state index in [1.807, 2.05) is 12.1 Å². The number of aliphatic hydroxyl groups is 1. The fourth-order valence-corrected chi connectivity index (χ4v) is 1.97. The maximum Gasteiger partial charge on any atom is 0.226 e. The van der Waals surface area contributed by atoms with Crippen LogP contribution < -0.4 is 4.90 Å². The minimum atomic E-state index is -0.768. The lowest BCUT2D eigenvalue weighted by molar-refractivity contribution is -0.120. The van der Waals surface area contributed by atoms with E-state index in [0.717, 1.165) is 11.3 Å². The summed E-state index contributed by atoms with van der Waals surface area (Å²) >= 11 is 0. The van der Waals surface area contributed by atoms with Gasteiger partial charge in [0, 0.05) is 19.6 Å². The zero-order chi connectivity index (χ0) is 11.0. The first-order chi connectivity index (χ1) is 7.16. The SMILES string of the molecule is COC1C(O)c2ccccc2N1C(C)=O. The lowest BCUT2D eigenvalue weighted by Crippen LogP contribution is -2.39. The van der Waals surface area contributed by atoms with Gasteiger partial charge in [-0.05, 0) is 6.07 Å². The van der Waals surface area contributed by atoms with Crippen molar-refractivity contribution in [1.82, 2.24) is 0 Å². The van der Waals surface area contributed by atoms with Crippen LogP contribution in [0.15, 0.2) is 24.3 Å². The number of methoxy groups -OCH3 is 1. The van der Waals surface area contributed by atoms with Crippen molar-refractivity contribution in [1.29, 1.82) is 0 Å². The molecule has 1 amide bonds. The summed E-state index contributed by atoms with van der Waals surface area (Å²) in [6.07, 6.45) is -1.38. The van der Waals surface area contributed by atoms with Crippen molar-refractivity contribution in [3.63, 3.8) is 0 Å². The first kappa shape index (κ1) is 10.1. The van der Waals surface area contributed by atoms with Crippen molar-refractivity contribution in [2.24, 2.45) is 0 Å². The van der Waals surface area contributed by atoms with Gasteiger partial charge in [0.05, 0.1) is 5.69 Å². The number of benzene rings is 1. The monoisotopic (exact) mass is 207 g/mol. The normalized spacial score (nSPS) is 24.1. The highest BCUT2D eigenvalue weighted by Crippen LogP contribution is 2.39. The summed E-state index contributed by atoms with van der Waals surface area (Å²) in [7, 11) is 1.48. The number of fused-ring (bicyclic) bond motifs is 1. The van der Waals surface area contributed by atoms with Gasteiger partial charge in [0.25, 0.3) is 0 Å². The molecule has 15 heavy (non-hydrogen) atoms. The van der Waals surface area contributed by atoms with E-state index in [0.29, 0.717) is 0 Å². The molecule has 0 aromatic heterocycles. The molecule has 1 aromatic carbocycles. The molecule has 1 aliphatic rings. The summed E-state index contributed by atoms with van der Waals surface area (Å²) in [5.74, 6) is -0.133. The number of anilines is 1. The van der Waals surface area contributed by atoms with Gasteiger partial charge in [-0.15, -0.1) is 0 Å². The van der Waals surface area contributed by atoms with Crippen molar-refractivity contribution in [2.45, 2.75) is 19.3 Å². The summed E-state index contributed by atoms with van der Waals surface area (Å²) in [5.41, 5.74) is 1.46. The molecule has 2 rings (SSSR count). The number of para-hydroxylation sites is 1. The number of hydrogen-bond donors (Lipinski definition) is 1. The van der Waals surface area contributed by atoms with Crippen molar-refractivity contribution in [3.8, 4) is 0 Å². The second kappa shape index (κ2) is 3.64. The number of carbonyl (C=O) groups is 1. The largest absolute Gasteiger partial charge is 0.384 e. The third kappa shape index (κ3) is 1.42. The van der Waals surface area contributed by atoms with E-state index in [1.165, 1.54) is 18.9 Å². The van der Waals surface area contributed by atoms with Crippen molar-refractivity contribution < 1.29 is 14.6 Å².